The number of carbonyl (C=O) groups excluding carboxylic acids is 1. The van der Waals surface area contributed by atoms with Crippen molar-refractivity contribution in [3.8, 4) is 0 Å². The Hall–Kier alpha value is -2.09. The Morgan fingerprint density at radius 1 is 1.21 bits per heavy atom. The van der Waals surface area contributed by atoms with Crippen LogP contribution in [-0.2, 0) is 21.2 Å². The van der Waals surface area contributed by atoms with Gasteiger partial charge in [0.1, 0.15) is 0 Å². The lowest BCUT2D eigenvalue weighted by Crippen LogP contribution is -2.32. The van der Waals surface area contributed by atoms with Crippen molar-refractivity contribution in [2.75, 3.05) is 37.4 Å². The first-order valence-corrected chi connectivity index (χ1v) is 11.4. The smallest absolute Gasteiger partial charge is 0.242 e. The molecule has 0 aliphatic carbocycles. The number of halogens is 1. The molecule has 0 radical (unpaired) electrons. The maximum absolute atomic E-state index is 12.5. The molecule has 0 saturated carbocycles. The van der Waals surface area contributed by atoms with E-state index in [1.807, 2.05) is 0 Å². The zero-order chi connectivity index (χ0) is 21.2. The number of sulfonamides is 1. The van der Waals surface area contributed by atoms with Gasteiger partial charge in [-0.05, 0) is 49.6 Å². The lowest BCUT2D eigenvalue weighted by Gasteiger charge is -2.31. The van der Waals surface area contributed by atoms with Gasteiger partial charge in [0.05, 0.1) is 15.6 Å². The van der Waals surface area contributed by atoms with Gasteiger partial charge in [-0.15, -0.1) is 0 Å². The van der Waals surface area contributed by atoms with Gasteiger partial charge in [0.2, 0.25) is 15.9 Å². The maximum atomic E-state index is 12.5. The molecule has 1 heterocycles. The molecule has 2 aromatic carbocycles. The summed E-state index contributed by atoms with van der Waals surface area (Å²) in [6, 6.07) is 10.7. The van der Waals surface area contributed by atoms with Crippen molar-refractivity contribution in [3.63, 3.8) is 0 Å². The first kappa shape index (κ1) is 21.6. The minimum absolute atomic E-state index is 0.0857. The summed E-state index contributed by atoms with van der Waals surface area (Å²) in [4.78, 5) is 14.8. The number of anilines is 2. The van der Waals surface area contributed by atoms with Crippen LogP contribution in [0.2, 0.25) is 5.02 Å². The monoisotopic (exact) mass is 435 g/mol. The summed E-state index contributed by atoms with van der Waals surface area (Å²) in [6.45, 7) is 3.59. The predicted molar refractivity (Wildman–Crippen MR) is 117 cm³/mol. The number of hydrogen-bond donors (Lipinski definition) is 1. The molecule has 0 unspecified atom stereocenters. The Labute approximate surface area is 177 Å². The fourth-order valence-corrected chi connectivity index (χ4v) is 4.55. The van der Waals surface area contributed by atoms with E-state index in [2.05, 4.69) is 35.3 Å². The van der Waals surface area contributed by atoms with Crippen LogP contribution in [0.1, 0.15) is 24.0 Å². The highest BCUT2D eigenvalue weighted by Gasteiger charge is 2.20. The van der Waals surface area contributed by atoms with E-state index in [4.69, 9.17) is 11.6 Å². The van der Waals surface area contributed by atoms with E-state index in [1.165, 1.54) is 49.1 Å². The molecule has 156 valence electrons. The summed E-state index contributed by atoms with van der Waals surface area (Å²) >= 11 is 6.17. The van der Waals surface area contributed by atoms with E-state index in [-0.39, 0.29) is 17.2 Å². The normalized spacial score (nSPS) is 14.0. The summed E-state index contributed by atoms with van der Waals surface area (Å²) in [5, 5.41) is 3.05. The fourth-order valence-electron chi connectivity index (χ4n) is 3.46. The highest BCUT2D eigenvalue weighted by atomic mass is 35.5. The fraction of sp³-hybridized carbons (Fsp3) is 0.381. The van der Waals surface area contributed by atoms with Gasteiger partial charge in [0.15, 0.2) is 0 Å². The topological polar surface area (TPSA) is 69.7 Å². The molecule has 6 nitrogen and oxygen atoms in total. The molecule has 0 spiro atoms. The number of nitrogens with one attached hydrogen (secondary N) is 1. The molecule has 1 amide bonds. The maximum Gasteiger partial charge on any atom is 0.242 e. The Balaban J connectivity index is 1.68. The van der Waals surface area contributed by atoms with Crippen LogP contribution in [0.4, 0.5) is 11.4 Å². The van der Waals surface area contributed by atoms with Crippen molar-refractivity contribution < 1.29 is 13.2 Å². The number of fused-ring (bicyclic) bond motifs is 1. The Morgan fingerprint density at radius 3 is 2.69 bits per heavy atom. The average molecular weight is 436 g/mol. The molecular formula is C21H26ClN3O3S. The molecule has 0 atom stereocenters. The molecule has 0 bridgehead atoms. The summed E-state index contributed by atoms with van der Waals surface area (Å²) in [5.41, 5.74) is 4.05. The van der Waals surface area contributed by atoms with Crippen LogP contribution in [0, 0.1) is 6.92 Å². The van der Waals surface area contributed by atoms with E-state index in [1.54, 1.807) is 0 Å². The van der Waals surface area contributed by atoms with Crippen LogP contribution < -0.4 is 10.2 Å². The van der Waals surface area contributed by atoms with E-state index < -0.39 is 10.0 Å². The number of hydrogen-bond acceptors (Lipinski definition) is 4. The molecule has 8 heteroatoms. The molecule has 2 aromatic rings. The quantitative estimate of drug-likeness (QED) is 0.751. The highest BCUT2D eigenvalue weighted by molar-refractivity contribution is 7.89. The minimum atomic E-state index is -3.60. The first-order valence-electron chi connectivity index (χ1n) is 9.55. The number of nitrogens with zero attached hydrogens (tertiary/aromatic N) is 2. The van der Waals surface area contributed by atoms with Crippen molar-refractivity contribution in [2.45, 2.75) is 31.1 Å². The lowest BCUT2D eigenvalue weighted by molar-refractivity contribution is -0.116. The van der Waals surface area contributed by atoms with Crippen LogP contribution in [0.5, 0.6) is 0 Å². The van der Waals surface area contributed by atoms with Gasteiger partial charge in [-0.1, -0.05) is 29.3 Å². The van der Waals surface area contributed by atoms with Gasteiger partial charge in [0, 0.05) is 39.3 Å². The van der Waals surface area contributed by atoms with Crippen molar-refractivity contribution in [1.82, 2.24) is 4.31 Å². The molecule has 0 saturated heterocycles. The minimum Gasteiger partial charge on any atom is -0.371 e. The number of amides is 1. The number of carbonyl (C=O) groups is 1. The van der Waals surface area contributed by atoms with Crippen molar-refractivity contribution in [3.05, 3.63) is 52.5 Å². The summed E-state index contributed by atoms with van der Waals surface area (Å²) < 4.78 is 25.8. The van der Waals surface area contributed by atoms with Gasteiger partial charge in [-0.3, -0.25) is 4.79 Å². The Morgan fingerprint density at radius 2 is 1.97 bits per heavy atom. The Kier molecular flexibility index (Phi) is 6.51. The second-order valence-corrected chi connectivity index (χ2v) is 10.0. The first-order chi connectivity index (χ1) is 13.7. The Bertz CT molecular complexity index is 1020. The number of aryl methyl sites for hydroxylation is 2. The highest BCUT2D eigenvalue weighted by Crippen LogP contribution is 2.29. The van der Waals surface area contributed by atoms with Gasteiger partial charge in [-0.25, -0.2) is 12.7 Å². The van der Waals surface area contributed by atoms with Gasteiger partial charge < -0.3 is 10.2 Å². The SMILES string of the molecule is Cc1ccc2c(c1)CCCN2CCC(=O)Nc1cc(S(=O)(=O)N(C)C)ccc1Cl. The lowest BCUT2D eigenvalue weighted by atomic mass is 9.99. The van der Waals surface area contributed by atoms with Crippen LogP contribution in [0.3, 0.4) is 0 Å². The molecule has 0 aromatic heterocycles. The second kappa shape index (κ2) is 8.73. The van der Waals surface area contributed by atoms with E-state index >= 15 is 0 Å². The zero-order valence-electron chi connectivity index (χ0n) is 16.9. The molecule has 3 rings (SSSR count). The van der Waals surface area contributed by atoms with Gasteiger partial charge in [-0.2, -0.15) is 0 Å². The molecule has 1 aliphatic heterocycles. The molecule has 29 heavy (non-hydrogen) atoms. The van der Waals surface area contributed by atoms with Crippen LogP contribution >= 0.6 is 11.6 Å². The zero-order valence-corrected chi connectivity index (χ0v) is 18.5. The third-order valence-electron chi connectivity index (χ3n) is 5.05. The second-order valence-electron chi connectivity index (χ2n) is 7.45. The third kappa shape index (κ3) is 4.91. The standard InChI is InChI=1S/C21H26ClN3O3S/c1-15-6-9-20-16(13-15)5-4-11-25(20)12-10-21(26)23-19-14-17(7-8-18(19)22)29(27,28)24(2)3/h6-9,13-14H,4-5,10-12H2,1-3H3,(H,23,26). The number of rotatable bonds is 6. The van der Waals surface area contributed by atoms with E-state index in [0.717, 1.165) is 23.7 Å². The van der Waals surface area contributed by atoms with Crippen molar-refractivity contribution in [2.24, 2.45) is 0 Å². The number of benzene rings is 2. The van der Waals surface area contributed by atoms with Crippen LogP contribution in [0.15, 0.2) is 41.3 Å². The van der Waals surface area contributed by atoms with Gasteiger partial charge >= 0.3 is 0 Å². The van der Waals surface area contributed by atoms with E-state index in [9.17, 15) is 13.2 Å². The largest absolute Gasteiger partial charge is 0.371 e. The summed E-state index contributed by atoms with van der Waals surface area (Å²) in [7, 11) is -0.686. The van der Waals surface area contributed by atoms with Gasteiger partial charge in [0.25, 0.3) is 0 Å². The third-order valence-corrected chi connectivity index (χ3v) is 7.19. The molecule has 1 N–H and O–H groups in total. The summed E-state index contributed by atoms with van der Waals surface area (Å²) in [6.07, 6.45) is 2.41. The van der Waals surface area contributed by atoms with Crippen molar-refractivity contribution in [1.29, 1.82) is 0 Å². The molecular weight excluding hydrogens is 410 g/mol. The summed E-state index contributed by atoms with van der Waals surface area (Å²) in [5.74, 6) is -0.203. The van der Waals surface area contributed by atoms with Crippen LogP contribution in [0.25, 0.3) is 0 Å². The average Bonchev–Trinajstić information content (AvgIpc) is 2.67. The van der Waals surface area contributed by atoms with Crippen molar-refractivity contribution >= 4 is 38.9 Å². The predicted octanol–water partition coefficient (Wildman–Crippen LogP) is 3.68. The molecule has 0 fully saturated rings. The molecule has 1 aliphatic rings. The van der Waals surface area contributed by atoms with E-state index in [0.29, 0.717) is 17.3 Å². The van der Waals surface area contributed by atoms with Crippen LogP contribution in [-0.4, -0.2) is 45.8 Å².